The van der Waals surface area contributed by atoms with Gasteiger partial charge in [-0.1, -0.05) is 18.2 Å². The third-order valence-electron chi connectivity index (χ3n) is 4.13. The van der Waals surface area contributed by atoms with Gasteiger partial charge in [-0.25, -0.2) is 10.2 Å². The van der Waals surface area contributed by atoms with Gasteiger partial charge in [-0.05, 0) is 30.3 Å². The van der Waals surface area contributed by atoms with Gasteiger partial charge >= 0.3 is 5.97 Å². The Hall–Kier alpha value is -4.93. The first-order chi connectivity index (χ1) is 15.3. The van der Waals surface area contributed by atoms with Crippen LogP contribution in [0.25, 0.3) is 0 Å². The van der Waals surface area contributed by atoms with E-state index in [9.17, 15) is 29.8 Å². The summed E-state index contributed by atoms with van der Waals surface area (Å²) in [6.45, 7) is 0. The van der Waals surface area contributed by atoms with E-state index in [1.54, 1.807) is 30.3 Å². The zero-order chi connectivity index (χ0) is 23.1. The molecule has 11 heteroatoms. The number of rotatable bonds is 7. The van der Waals surface area contributed by atoms with Crippen molar-refractivity contribution in [3.63, 3.8) is 0 Å². The molecule has 0 fully saturated rings. The van der Waals surface area contributed by atoms with Gasteiger partial charge in [-0.2, -0.15) is 5.10 Å². The van der Waals surface area contributed by atoms with Gasteiger partial charge in [-0.15, -0.1) is 0 Å². The minimum Gasteiger partial charge on any atom is -0.422 e. The average Bonchev–Trinajstić information content (AvgIpc) is 2.80. The second kappa shape index (κ2) is 9.71. The Morgan fingerprint density at radius 3 is 2.09 bits per heavy atom. The normalized spacial score (nSPS) is 10.5. The van der Waals surface area contributed by atoms with Crippen LogP contribution in [0.4, 0.5) is 11.4 Å². The summed E-state index contributed by atoms with van der Waals surface area (Å²) >= 11 is 0. The van der Waals surface area contributed by atoms with Gasteiger partial charge in [0.15, 0.2) is 0 Å². The highest BCUT2D eigenvalue weighted by Gasteiger charge is 2.16. The quantitative estimate of drug-likeness (QED) is 0.196. The van der Waals surface area contributed by atoms with Crippen LogP contribution in [0.5, 0.6) is 5.75 Å². The summed E-state index contributed by atoms with van der Waals surface area (Å²) < 4.78 is 5.27. The minimum absolute atomic E-state index is 0.0363. The van der Waals surface area contributed by atoms with Crippen molar-refractivity contribution in [3.8, 4) is 5.75 Å². The maximum Gasteiger partial charge on any atom is 0.343 e. The smallest absolute Gasteiger partial charge is 0.343 e. The molecule has 3 aromatic carbocycles. The molecule has 0 saturated heterocycles. The SMILES string of the molecule is O=C(N/N=C/c1cc([N+](=O)[O-])ccc1OC(=O)c1ccc([N+](=O)[O-])cc1)c1ccccc1. The van der Waals surface area contributed by atoms with Crippen LogP contribution in [-0.4, -0.2) is 27.9 Å². The number of nitro groups is 2. The molecule has 0 saturated carbocycles. The Labute approximate surface area is 180 Å². The Balaban J connectivity index is 1.81. The number of non-ortho nitro benzene ring substituents is 2. The lowest BCUT2D eigenvalue weighted by Crippen LogP contribution is -2.17. The van der Waals surface area contributed by atoms with Crippen molar-refractivity contribution in [1.82, 2.24) is 5.43 Å². The number of hydrazone groups is 1. The molecule has 0 aliphatic heterocycles. The minimum atomic E-state index is -0.836. The fourth-order valence-electron chi connectivity index (χ4n) is 2.54. The summed E-state index contributed by atoms with van der Waals surface area (Å²) in [5, 5.41) is 25.6. The molecule has 0 aliphatic carbocycles. The molecule has 3 rings (SSSR count). The molecule has 3 aromatic rings. The van der Waals surface area contributed by atoms with Crippen LogP contribution in [0.1, 0.15) is 26.3 Å². The van der Waals surface area contributed by atoms with Crippen molar-refractivity contribution in [3.05, 3.63) is 110 Å². The Bertz CT molecular complexity index is 1210. The lowest BCUT2D eigenvalue weighted by atomic mass is 10.2. The van der Waals surface area contributed by atoms with E-state index in [1.807, 2.05) is 0 Å². The number of hydrogen-bond donors (Lipinski definition) is 1. The predicted octanol–water partition coefficient (Wildman–Crippen LogP) is 3.49. The number of nitrogens with zero attached hydrogens (tertiary/aromatic N) is 3. The van der Waals surface area contributed by atoms with Crippen LogP contribution in [0.2, 0.25) is 0 Å². The Kier molecular flexibility index (Phi) is 6.61. The molecule has 0 bridgehead atoms. The zero-order valence-corrected chi connectivity index (χ0v) is 16.2. The van der Waals surface area contributed by atoms with E-state index < -0.39 is 21.7 Å². The summed E-state index contributed by atoms with van der Waals surface area (Å²) in [7, 11) is 0. The molecule has 0 aliphatic rings. The molecule has 0 spiro atoms. The molecule has 11 nitrogen and oxygen atoms in total. The first-order valence-electron chi connectivity index (χ1n) is 8.98. The van der Waals surface area contributed by atoms with Gasteiger partial charge in [0, 0.05) is 35.4 Å². The first kappa shape index (κ1) is 21.8. The van der Waals surface area contributed by atoms with Gasteiger partial charge in [-0.3, -0.25) is 25.0 Å². The number of benzene rings is 3. The molecular weight excluding hydrogens is 420 g/mol. The van der Waals surface area contributed by atoms with E-state index in [4.69, 9.17) is 4.74 Å². The Morgan fingerprint density at radius 1 is 0.844 bits per heavy atom. The summed E-state index contributed by atoms with van der Waals surface area (Å²) in [4.78, 5) is 45.0. The second-order valence-electron chi connectivity index (χ2n) is 6.24. The van der Waals surface area contributed by atoms with Crippen molar-refractivity contribution in [2.75, 3.05) is 0 Å². The van der Waals surface area contributed by atoms with Gasteiger partial charge in [0.1, 0.15) is 5.75 Å². The molecule has 0 radical (unpaired) electrons. The van der Waals surface area contributed by atoms with Crippen molar-refractivity contribution in [2.45, 2.75) is 0 Å². The third-order valence-corrected chi connectivity index (χ3v) is 4.13. The highest BCUT2D eigenvalue weighted by Crippen LogP contribution is 2.24. The maximum absolute atomic E-state index is 12.4. The number of carbonyl (C=O) groups excluding carboxylic acids is 2. The lowest BCUT2D eigenvalue weighted by molar-refractivity contribution is -0.385. The van der Waals surface area contributed by atoms with Crippen LogP contribution in [0.3, 0.4) is 0 Å². The number of ether oxygens (including phenoxy) is 1. The van der Waals surface area contributed by atoms with Gasteiger partial charge in [0.25, 0.3) is 17.3 Å². The van der Waals surface area contributed by atoms with E-state index in [1.165, 1.54) is 18.2 Å². The number of hydrogen-bond acceptors (Lipinski definition) is 8. The fourth-order valence-corrected chi connectivity index (χ4v) is 2.54. The van der Waals surface area contributed by atoms with Gasteiger partial charge in [0.2, 0.25) is 0 Å². The van der Waals surface area contributed by atoms with Gasteiger partial charge < -0.3 is 4.74 Å². The summed E-state index contributed by atoms with van der Waals surface area (Å²) in [6.07, 6.45) is 1.10. The molecule has 160 valence electrons. The predicted molar refractivity (Wildman–Crippen MR) is 113 cm³/mol. The van der Waals surface area contributed by atoms with E-state index in [0.717, 1.165) is 30.5 Å². The fraction of sp³-hybridized carbons (Fsp3) is 0. The molecular formula is C21H14N4O7. The van der Waals surface area contributed by atoms with Crippen LogP contribution in [0.15, 0.2) is 77.9 Å². The molecule has 1 N–H and O–H groups in total. The zero-order valence-electron chi connectivity index (χ0n) is 16.2. The number of amides is 1. The first-order valence-corrected chi connectivity index (χ1v) is 8.98. The highest BCUT2D eigenvalue weighted by atomic mass is 16.6. The van der Waals surface area contributed by atoms with E-state index in [2.05, 4.69) is 10.5 Å². The Morgan fingerprint density at radius 2 is 1.47 bits per heavy atom. The van der Waals surface area contributed by atoms with Gasteiger partial charge in [0.05, 0.1) is 21.6 Å². The van der Waals surface area contributed by atoms with Crippen LogP contribution >= 0.6 is 0 Å². The summed E-state index contributed by atoms with van der Waals surface area (Å²) in [5.41, 5.74) is 2.25. The van der Waals surface area contributed by atoms with E-state index in [0.29, 0.717) is 5.56 Å². The summed E-state index contributed by atoms with van der Waals surface area (Å²) in [6, 6.07) is 16.5. The second-order valence-corrected chi connectivity index (χ2v) is 6.24. The van der Waals surface area contributed by atoms with Crippen LogP contribution in [0, 0.1) is 20.2 Å². The summed E-state index contributed by atoms with van der Waals surface area (Å²) in [5.74, 6) is -1.40. The van der Waals surface area contributed by atoms with Crippen molar-refractivity contribution < 1.29 is 24.2 Å². The molecule has 0 aromatic heterocycles. The van der Waals surface area contributed by atoms with Crippen LogP contribution < -0.4 is 10.2 Å². The number of nitro benzene ring substituents is 2. The lowest BCUT2D eigenvalue weighted by Gasteiger charge is -2.07. The average molecular weight is 434 g/mol. The maximum atomic E-state index is 12.4. The highest BCUT2D eigenvalue weighted by molar-refractivity contribution is 5.96. The molecule has 0 heterocycles. The van der Waals surface area contributed by atoms with Crippen LogP contribution in [-0.2, 0) is 0 Å². The number of nitrogens with one attached hydrogen (secondary N) is 1. The number of esters is 1. The molecule has 0 unspecified atom stereocenters. The molecule has 1 amide bonds. The third kappa shape index (κ3) is 5.36. The number of carbonyl (C=O) groups is 2. The standard InChI is InChI=1S/C21H14N4O7/c26-20(14-4-2-1-3-5-14)23-22-13-16-12-18(25(30)31)10-11-19(16)32-21(27)15-6-8-17(9-7-15)24(28)29/h1-13H,(H,23,26)/b22-13+. The monoisotopic (exact) mass is 434 g/mol. The topological polar surface area (TPSA) is 154 Å². The van der Waals surface area contributed by atoms with Crippen molar-refractivity contribution in [1.29, 1.82) is 0 Å². The molecule has 0 atom stereocenters. The largest absolute Gasteiger partial charge is 0.422 e. The van der Waals surface area contributed by atoms with E-state index in [-0.39, 0.29) is 28.3 Å². The van der Waals surface area contributed by atoms with E-state index >= 15 is 0 Å². The van der Waals surface area contributed by atoms with Crippen molar-refractivity contribution >= 4 is 29.5 Å². The van der Waals surface area contributed by atoms with Crippen molar-refractivity contribution in [2.24, 2.45) is 5.10 Å². The molecule has 32 heavy (non-hydrogen) atoms.